The zero-order chi connectivity index (χ0) is 19.3. The van der Waals surface area contributed by atoms with Gasteiger partial charge < -0.3 is 5.32 Å². The van der Waals surface area contributed by atoms with Crippen LogP contribution in [0.5, 0.6) is 0 Å². The lowest BCUT2D eigenvalue weighted by molar-refractivity contribution is -0.120. The largest absolute Gasteiger partial charge is 0.343 e. The number of halogens is 1. The maximum absolute atomic E-state index is 12.1. The van der Waals surface area contributed by atoms with E-state index in [1.165, 1.54) is 11.3 Å². The van der Waals surface area contributed by atoms with Gasteiger partial charge in [-0.3, -0.25) is 25.2 Å². The molecule has 0 unspecified atom stereocenters. The van der Waals surface area contributed by atoms with Gasteiger partial charge in [0, 0.05) is 5.56 Å². The van der Waals surface area contributed by atoms with E-state index in [4.69, 9.17) is 0 Å². The van der Waals surface area contributed by atoms with E-state index in [2.05, 4.69) is 52.9 Å². The van der Waals surface area contributed by atoms with E-state index in [-0.39, 0.29) is 17.9 Å². The Morgan fingerprint density at radius 2 is 1.62 bits per heavy atom. The summed E-state index contributed by atoms with van der Waals surface area (Å²) in [5.74, 6) is -1.29. The minimum atomic E-state index is -0.520. The summed E-state index contributed by atoms with van der Waals surface area (Å²) < 4.78 is 0.818. The van der Waals surface area contributed by atoms with E-state index in [1.807, 2.05) is 12.1 Å². The van der Waals surface area contributed by atoms with Crippen LogP contribution in [0.15, 0.2) is 40.2 Å². The molecule has 6 nitrogen and oxygen atoms in total. The zero-order valence-corrected chi connectivity index (χ0v) is 17.1. The standard InChI is InChI=1S/C18H20BrN3O3S/c1-18(2,3)12-6-4-11(5-7-12)16(24)20-10-15(23)21-22-17(25)13-8-9-14(19)26-13/h4-9H,10H2,1-3H3,(H,20,24)(H,21,23)(H,22,25). The monoisotopic (exact) mass is 437 g/mol. The number of rotatable bonds is 4. The van der Waals surface area contributed by atoms with E-state index >= 15 is 0 Å². The third-order valence-corrected chi connectivity index (χ3v) is 5.16. The van der Waals surface area contributed by atoms with Gasteiger partial charge in [0.05, 0.1) is 15.2 Å². The summed E-state index contributed by atoms with van der Waals surface area (Å²) in [7, 11) is 0. The average molecular weight is 438 g/mol. The molecule has 0 spiro atoms. The molecule has 3 N–H and O–H groups in total. The van der Waals surface area contributed by atoms with E-state index in [9.17, 15) is 14.4 Å². The molecule has 0 bridgehead atoms. The van der Waals surface area contributed by atoms with Gasteiger partial charge in [-0.25, -0.2) is 0 Å². The van der Waals surface area contributed by atoms with Crippen LogP contribution >= 0.6 is 27.3 Å². The lowest BCUT2D eigenvalue weighted by atomic mass is 9.87. The second-order valence-electron chi connectivity index (χ2n) is 6.62. The molecular weight excluding hydrogens is 418 g/mol. The third-order valence-electron chi connectivity index (χ3n) is 3.54. The summed E-state index contributed by atoms with van der Waals surface area (Å²) in [6, 6.07) is 10.6. The number of hydrazine groups is 1. The number of hydrogen-bond acceptors (Lipinski definition) is 4. The topological polar surface area (TPSA) is 87.3 Å². The van der Waals surface area contributed by atoms with Crippen LogP contribution in [0.1, 0.15) is 46.4 Å². The van der Waals surface area contributed by atoms with E-state index in [1.54, 1.807) is 24.3 Å². The van der Waals surface area contributed by atoms with E-state index in [0.717, 1.165) is 9.35 Å². The fourth-order valence-corrected chi connectivity index (χ4v) is 3.33. The molecular formula is C18H20BrN3O3S. The number of amides is 3. The summed E-state index contributed by atoms with van der Waals surface area (Å²) in [5.41, 5.74) is 6.16. The van der Waals surface area contributed by atoms with Crippen LogP contribution < -0.4 is 16.2 Å². The average Bonchev–Trinajstić information content (AvgIpc) is 3.03. The lowest BCUT2D eigenvalue weighted by Gasteiger charge is -2.19. The first-order valence-corrected chi connectivity index (χ1v) is 9.51. The van der Waals surface area contributed by atoms with Gasteiger partial charge in [0.2, 0.25) is 0 Å². The Morgan fingerprint density at radius 1 is 0.962 bits per heavy atom. The normalized spacial score (nSPS) is 10.9. The fraction of sp³-hybridized carbons (Fsp3) is 0.278. The van der Waals surface area contributed by atoms with Crippen molar-refractivity contribution < 1.29 is 14.4 Å². The lowest BCUT2D eigenvalue weighted by Crippen LogP contribution is -2.46. The Kier molecular flexibility index (Phi) is 6.55. The highest BCUT2D eigenvalue weighted by Gasteiger charge is 2.15. The highest BCUT2D eigenvalue weighted by molar-refractivity contribution is 9.11. The Morgan fingerprint density at radius 3 is 2.15 bits per heavy atom. The van der Waals surface area contributed by atoms with Gasteiger partial charge in [0.15, 0.2) is 0 Å². The SMILES string of the molecule is CC(C)(C)c1ccc(C(=O)NCC(=O)NNC(=O)c2ccc(Br)s2)cc1. The molecule has 0 saturated heterocycles. The van der Waals surface area contributed by atoms with Crippen LogP contribution in [0, 0.1) is 0 Å². The van der Waals surface area contributed by atoms with Gasteiger partial charge in [0.1, 0.15) is 0 Å². The second-order valence-corrected chi connectivity index (χ2v) is 9.08. The fourth-order valence-electron chi connectivity index (χ4n) is 2.05. The van der Waals surface area contributed by atoms with Gasteiger partial charge >= 0.3 is 0 Å². The minimum Gasteiger partial charge on any atom is -0.343 e. The number of hydrogen-bond donors (Lipinski definition) is 3. The molecule has 0 aliphatic heterocycles. The van der Waals surface area contributed by atoms with Crippen molar-refractivity contribution in [1.29, 1.82) is 0 Å². The summed E-state index contributed by atoms with van der Waals surface area (Å²) in [6.07, 6.45) is 0. The van der Waals surface area contributed by atoms with Gasteiger partial charge in [0.25, 0.3) is 17.7 Å². The van der Waals surface area contributed by atoms with Gasteiger partial charge in [-0.15, -0.1) is 11.3 Å². The van der Waals surface area contributed by atoms with Crippen molar-refractivity contribution in [3.8, 4) is 0 Å². The molecule has 1 aromatic heterocycles. The molecule has 0 aliphatic carbocycles. The molecule has 26 heavy (non-hydrogen) atoms. The summed E-state index contributed by atoms with van der Waals surface area (Å²) in [5, 5.41) is 2.52. The maximum atomic E-state index is 12.1. The third kappa shape index (κ3) is 5.67. The number of benzene rings is 1. The van der Waals surface area contributed by atoms with Crippen molar-refractivity contribution in [2.75, 3.05) is 6.54 Å². The van der Waals surface area contributed by atoms with Crippen molar-refractivity contribution in [1.82, 2.24) is 16.2 Å². The summed E-state index contributed by atoms with van der Waals surface area (Å²) in [6.45, 7) is 6.04. The maximum Gasteiger partial charge on any atom is 0.279 e. The number of thiophene rings is 1. The molecule has 2 rings (SSSR count). The summed E-state index contributed by atoms with van der Waals surface area (Å²) in [4.78, 5) is 36.1. The summed E-state index contributed by atoms with van der Waals surface area (Å²) >= 11 is 4.51. The van der Waals surface area contributed by atoms with Crippen molar-refractivity contribution in [2.45, 2.75) is 26.2 Å². The minimum absolute atomic E-state index is 0.00521. The first kappa shape index (κ1) is 20.1. The van der Waals surface area contributed by atoms with Crippen LogP contribution in [0.25, 0.3) is 0 Å². The Labute approximate surface area is 164 Å². The highest BCUT2D eigenvalue weighted by atomic mass is 79.9. The van der Waals surface area contributed by atoms with Crippen LogP contribution in [0.4, 0.5) is 0 Å². The molecule has 3 amide bonds. The zero-order valence-electron chi connectivity index (χ0n) is 14.7. The predicted octanol–water partition coefficient (Wildman–Crippen LogP) is 3.00. The predicted molar refractivity (Wildman–Crippen MR) is 105 cm³/mol. The molecule has 8 heteroatoms. The van der Waals surface area contributed by atoms with Crippen molar-refractivity contribution >= 4 is 45.0 Å². The quantitative estimate of drug-likeness (QED) is 0.642. The van der Waals surface area contributed by atoms with Gasteiger partial charge in [-0.05, 0) is 51.2 Å². The van der Waals surface area contributed by atoms with Crippen molar-refractivity contribution in [2.24, 2.45) is 0 Å². The molecule has 0 fully saturated rings. The molecule has 0 saturated carbocycles. The van der Waals surface area contributed by atoms with Gasteiger partial charge in [-0.1, -0.05) is 32.9 Å². The van der Waals surface area contributed by atoms with Crippen LogP contribution in [-0.2, 0) is 10.2 Å². The molecule has 0 atom stereocenters. The van der Waals surface area contributed by atoms with Crippen molar-refractivity contribution in [3.63, 3.8) is 0 Å². The molecule has 0 radical (unpaired) electrons. The van der Waals surface area contributed by atoms with Crippen LogP contribution in [-0.4, -0.2) is 24.3 Å². The number of nitrogens with one attached hydrogen (secondary N) is 3. The Bertz CT molecular complexity index is 810. The molecule has 1 aromatic carbocycles. The molecule has 1 heterocycles. The Balaban J connectivity index is 1.79. The molecule has 2 aromatic rings. The van der Waals surface area contributed by atoms with E-state index in [0.29, 0.717) is 10.4 Å². The van der Waals surface area contributed by atoms with Crippen molar-refractivity contribution in [3.05, 3.63) is 56.2 Å². The first-order chi connectivity index (χ1) is 12.2. The first-order valence-electron chi connectivity index (χ1n) is 7.90. The van der Waals surface area contributed by atoms with Crippen LogP contribution in [0.2, 0.25) is 0 Å². The number of carbonyl (C=O) groups is 3. The van der Waals surface area contributed by atoms with Crippen LogP contribution in [0.3, 0.4) is 0 Å². The number of carbonyl (C=O) groups excluding carboxylic acids is 3. The second kappa shape index (κ2) is 8.46. The van der Waals surface area contributed by atoms with Gasteiger partial charge in [-0.2, -0.15) is 0 Å². The molecule has 0 aliphatic rings. The smallest absolute Gasteiger partial charge is 0.279 e. The Hall–Kier alpha value is -2.19. The highest BCUT2D eigenvalue weighted by Crippen LogP contribution is 2.22. The molecule has 138 valence electrons. The van der Waals surface area contributed by atoms with E-state index < -0.39 is 11.8 Å².